The van der Waals surface area contributed by atoms with Crippen LogP contribution in [-0.4, -0.2) is 26.3 Å². The second kappa shape index (κ2) is 8.34. The molecule has 0 atom stereocenters. The van der Waals surface area contributed by atoms with Crippen LogP contribution in [0.3, 0.4) is 0 Å². The molecular formula is C26H27N3O2. The molecule has 0 spiro atoms. The van der Waals surface area contributed by atoms with E-state index in [1.807, 2.05) is 87.0 Å². The molecule has 5 nitrogen and oxygen atoms in total. The molecule has 2 heterocycles. The number of nitrogens with zero attached hydrogens (tertiary/aromatic N) is 3. The first-order valence-corrected chi connectivity index (χ1v) is 10.5. The van der Waals surface area contributed by atoms with E-state index in [4.69, 9.17) is 14.8 Å². The van der Waals surface area contributed by atoms with Crippen LogP contribution in [0.5, 0.6) is 0 Å². The van der Waals surface area contributed by atoms with Crippen molar-refractivity contribution in [2.24, 2.45) is 0 Å². The summed E-state index contributed by atoms with van der Waals surface area (Å²) in [7, 11) is 0. The Hall–Kier alpha value is -3.47. The first kappa shape index (κ1) is 20.8. The lowest BCUT2D eigenvalue weighted by Gasteiger charge is -2.19. The van der Waals surface area contributed by atoms with Gasteiger partial charge in [-0.1, -0.05) is 54.6 Å². The number of para-hydroxylation sites is 1. The highest BCUT2D eigenvalue weighted by atomic mass is 16.6. The van der Waals surface area contributed by atoms with Gasteiger partial charge in [0.15, 0.2) is 0 Å². The van der Waals surface area contributed by atoms with Gasteiger partial charge in [0.2, 0.25) is 0 Å². The molecule has 4 rings (SSSR count). The van der Waals surface area contributed by atoms with E-state index < -0.39 is 5.60 Å². The minimum Gasteiger partial charge on any atom is -0.460 e. The van der Waals surface area contributed by atoms with E-state index in [1.165, 1.54) is 0 Å². The predicted molar refractivity (Wildman–Crippen MR) is 123 cm³/mol. The fraction of sp³-hybridized carbons (Fsp3) is 0.269. The number of rotatable bonds is 5. The van der Waals surface area contributed by atoms with Gasteiger partial charge in [0.05, 0.1) is 29.9 Å². The average molecular weight is 414 g/mol. The van der Waals surface area contributed by atoms with Crippen molar-refractivity contribution in [2.45, 2.75) is 46.3 Å². The van der Waals surface area contributed by atoms with Crippen LogP contribution in [0.1, 0.15) is 37.7 Å². The fourth-order valence-electron chi connectivity index (χ4n) is 3.65. The highest BCUT2D eigenvalue weighted by molar-refractivity contribution is 5.79. The first-order chi connectivity index (χ1) is 14.8. The van der Waals surface area contributed by atoms with Gasteiger partial charge in [-0.25, -0.2) is 0 Å². The van der Waals surface area contributed by atoms with Gasteiger partial charge in [0.25, 0.3) is 0 Å². The molecule has 0 fully saturated rings. The molecule has 5 heteroatoms. The number of benzene rings is 2. The highest BCUT2D eigenvalue weighted by Crippen LogP contribution is 2.27. The molecule has 0 bridgehead atoms. The topological polar surface area (TPSA) is 57.0 Å². The molecule has 158 valence electrons. The molecule has 0 aliphatic carbocycles. The lowest BCUT2D eigenvalue weighted by Crippen LogP contribution is -2.25. The van der Waals surface area contributed by atoms with Gasteiger partial charge in [0, 0.05) is 22.2 Å². The van der Waals surface area contributed by atoms with Crippen LogP contribution in [0.25, 0.3) is 22.2 Å². The summed E-state index contributed by atoms with van der Waals surface area (Å²) in [5.41, 5.74) is 4.98. The molecule has 31 heavy (non-hydrogen) atoms. The summed E-state index contributed by atoms with van der Waals surface area (Å²) in [5, 5.41) is 5.98. The second-order valence-corrected chi connectivity index (χ2v) is 8.69. The zero-order valence-electron chi connectivity index (χ0n) is 18.4. The Balaban J connectivity index is 1.71. The number of carbonyl (C=O) groups is 1. The Labute approximate surface area is 182 Å². The second-order valence-electron chi connectivity index (χ2n) is 8.69. The molecule has 0 unspecified atom stereocenters. The number of fused-ring (bicyclic) bond motifs is 1. The summed E-state index contributed by atoms with van der Waals surface area (Å²) < 4.78 is 7.50. The quantitative estimate of drug-likeness (QED) is 0.415. The van der Waals surface area contributed by atoms with Crippen molar-refractivity contribution in [1.29, 1.82) is 0 Å². The number of ether oxygens (including phenoxy) is 1. The molecular weight excluding hydrogens is 386 g/mol. The van der Waals surface area contributed by atoms with E-state index in [0.29, 0.717) is 6.54 Å². The largest absolute Gasteiger partial charge is 0.460 e. The lowest BCUT2D eigenvalue weighted by molar-refractivity contribution is -0.153. The zero-order chi connectivity index (χ0) is 22.0. The molecule has 0 N–H and O–H groups in total. The van der Waals surface area contributed by atoms with Crippen LogP contribution in [0.2, 0.25) is 0 Å². The molecule has 0 saturated carbocycles. The zero-order valence-corrected chi connectivity index (χ0v) is 18.4. The van der Waals surface area contributed by atoms with Gasteiger partial charge in [-0.3, -0.25) is 14.5 Å². The first-order valence-electron chi connectivity index (χ1n) is 10.5. The number of pyridine rings is 1. The van der Waals surface area contributed by atoms with Gasteiger partial charge < -0.3 is 4.74 Å². The molecule has 0 amide bonds. The van der Waals surface area contributed by atoms with Crippen molar-refractivity contribution in [1.82, 2.24) is 14.8 Å². The van der Waals surface area contributed by atoms with Crippen LogP contribution in [0.4, 0.5) is 0 Å². The lowest BCUT2D eigenvalue weighted by atomic mass is 10.0. The van der Waals surface area contributed by atoms with Gasteiger partial charge in [-0.15, -0.1) is 0 Å². The normalized spacial score (nSPS) is 11.6. The monoisotopic (exact) mass is 413 g/mol. The maximum atomic E-state index is 12.6. The summed E-state index contributed by atoms with van der Waals surface area (Å²) in [4.78, 5) is 17.4. The molecule has 4 aromatic rings. The molecule has 2 aromatic carbocycles. The van der Waals surface area contributed by atoms with Crippen molar-refractivity contribution in [2.75, 3.05) is 0 Å². The Kier molecular flexibility index (Phi) is 5.59. The number of hydrogen-bond acceptors (Lipinski definition) is 4. The predicted octanol–water partition coefficient (Wildman–Crippen LogP) is 5.34. The number of carbonyl (C=O) groups excluding carboxylic acids is 1. The molecule has 2 aromatic heterocycles. The van der Waals surface area contributed by atoms with E-state index in [1.54, 1.807) is 0 Å². The molecule has 0 radical (unpaired) electrons. The van der Waals surface area contributed by atoms with E-state index in [-0.39, 0.29) is 12.4 Å². The molecule has 0 aliphatic rings. The Morgan fingerprint density at radius 2 is 1.68 bits per heavy atom. The SMILES string of the molecule is Cc1c(CC(=O)OC(C)(C)C)c(-c2ccccc2)nn1Cc1ccc2ccccc2n1. The summed E-state index contributed by atoms with van der Waals surface area (Å²) in [6, 6.07) is 22.1. The maximum Gasteiger partial charge on any atom is 0.310 e. The minimum absolute atomic E-state index is 0.179. The third-order valence-corrected chi connectivity index (χ3v) is 5.09. The van der Waals surface area contributed by atoms with E-state index in [0.717, 1.165) is 39.1 Å². The van der Waals surface area contributed by atoms with E-state index in [2.05, 4.69) is 12.1 Å². The van der Waals surface area contributed by atoms with Crippen LogP contribution in [0, 0.1) is 6.92 Å². The average Bonchev–Trinajstić information content (AvgIpc) is 3.02. The van der Waals surface area contributed by atoms with Crippen LogP contribution < -0.4 is 0 Å². The standard InChI is InChI=1S/C26H27N3O2/c1-18-22(16-24(30)31-26(2,3)4)25(20-11-6-5-7-12-20)28-29(18)17-21-15-14-19-10-8-9-13-23(19)27-21/h5-15H,16-17H2,1-4H3. The Bertz CT molecular complexity index is 1220. The molecule has 0 saturated heterocycles. The highest BCUT2D eigenvalue weighted by Gasteiger charge is 2.23. The van der Waals surface area contributed by atoms with Crippen molar-refractivity contribution < 1.29 is 9.53 Å². The summed E-state index contributed by atoms with van der Waals surface area (Å²) in [5.74, 6) is -0.254. The summed E-state index contributed by atoms with van der Waals surface area (Å²) in [6.45, 7) is 8.17. The third-order valence-electron chi connectivity index (χ3n) is 5.09. The summed E-state index contributed by atoms with van der Waals surface area (Å²) >= 11 is 0. The van der Waals surface area contributed by atoms with Crippen LogP contribution >= 0.6 is 0 Å². The minimum atomic E-state index is -0.525. The Morgan fingerprint density at radius 1 is 0.968 bits per heavy atom. The van der Waals surface area contributed by atoms with Gasteiger partial charge in [-0.05, 0) is 39.8 Å². The number of esters is 1. The van der Waals surface area contributed by atoms with Crippen molar-refractivity contribution in [3.63, 3.8) is 0 Å². The van der Waals surface area contributed by atoms with E-state index in [9.17, 15) is 4.79 Å². The maximum absolute atomic E-state index is 12.6. The van der Waals surface area contributed by atoms with Crippen molar-refractivity contribution in [3.8, 4) is 11.3 Å². The Morgan fingerprint density at radius 3 is 2.42 bits per heavy atom. The molecule has 0 aliphatic heterocycles. The number of aromatic nitrogens is 3. The van der Waals surface area contributed by atoms with Crippen molar-refractivity contribution >= 4 is 16.9 Å². The smallest absolute Gasteiger partial charge is 0.310 e. The van der Waals surface area contributed by atoms with E-state index >= 15 is 0 Å². The van der Waals surface area contributed by atoms with Gasteiger partial charge in [-0.2, -0.15) is 5.10 Å². The van der Waals surface area contributed by atoms with Gasteiger partial charge >= 0.3 is 5.97 Å². The number of hydrogen-bond donors (Lipinski definition) is 0. The van der Waals surface area contributed by atoms with Gasteiger partial charge in [0.1, 0.15) is 5.60 Å². The van der Waals surface area contributed by atoms with Crippen LogP contribution in [-0.2, 0) is 22.5 Å². The fourth-order valence-corrected chi connectivity index (χ4v) is 3.65. The summed E-state index contributed by atoms with van der Waals surface area (Å²) in [6.07, 6.45) is 0.179. The third kappa shape index (κ3) is 4.82. The van der Waals surface area contributed by atoms with Crippen LogP contribution in [0.15, 0.2) is 66.7 Å². The van der Waals surface area contributed by atoms with Crippen molar-refractivity contribution in [3.05, 3.63) is 83.7 Å².